The van der Waals surface area contributed by atoms with Crippen molar-refractivity contribution in [2.24, 2.45) is 11.5 Å². The minimum atomic E-state index is -1.19. The van der Waals surface area contributed by atoms with Crippen molar-refractivity contribution in [2.75, 3.05) is 13.1 Å². The summed E-state index contributed by atoms with van der Waals surface area (Å²) < 4.78 is 0. The Balaban J connectivity index is 3.08. The van der Waals surface area contributed by atoms with Crippen LogP contribution >= 0.6 is 0 Å². The van der Waals surface area contributed by atoms with Crippen LogP contribution in [0.15, 0.2) is 30.3 Å². The van der Waals surface area contributed by atoms with E-state index in [-0.39, 0.29) is 13.1 Å². The van der Waals surface area contributed by atoms with Gasteiger partial charge in [0, 0.05) is 0 Å². The van der Waals surface area contributed by atoms with Gasteiger partial charge in [-0.05, 0) is 5.56 Å². The van der Waals surface area contributed by atoms with E-state index in [0.717, 1.165) is 4.90 Å². The van der Waals surface area contributed by atoms with Crippen LogP contribution in [-0.4, -0.2) is 40.9 Å². The van der Waals surface area contributed by atoms with Crippen LogP contribution < -0.4 is 11.5 Å². The first-order valence-corrected chi connectivity index (χ1v) is 5.50. The number of carboxylic acid groups (broad SMARTS) is 1. The molecule has 0 aromatic heterocycles. The standard InChI is InChI=1S/C12H15N3O4/c13-9(16)6-15(7-10(14)17)11(12(18)19)8-4-2-1-3-5-8/h1-5,11H,6-7H2,(H2,13,16)(H2,14,17)(H,18,19). The Morgan fingerprint density at radius 3 is 1.89 bits per heavy atom. The van der Waals surface area contributed by atoms with Crippen molar-refractivity contribution < 1.29 is 19.5 Å². The summed E-state index contributed by atoms with van der Waals surface area (Å²) in [6, 6.07) is 7.09. The topological polar surface area (TPSA) is 127 Å². The molecule has 0 radical (unpaired) electrons. The number of aliphatic carboxylic acids is 1. The lowest BCUT2D eigenvalue weighted by Crippen LogP contribution is -2.44. The lowest BCUT2D eigenvalue weighted by atomic mass is 10.1. The monoisotopic (exact) mass is 265 g/mol. The summed E-state index contributed by atoms with van der Waals surface area (Å²) in [4.78, 5) is 34.5. The number of amides is 2. The lowest BCUT2D eigenvalue weighted by molar-refractivity contribution is -0.144. The molecule has 1 unspecified atom stereocenters. The molecule has 0 aliphatic heterocycles. The van der Waals surface area contributed by atoms with E-state index in [4.69, 9.17) is 11.5 Å². The summed E-state index contributed by atoms with van der Waals surface area (Å²) in [5.74, 6) is -2.65. The number of carbonyl (C=O) groups is 3. The molecule has 0 aliphatic rings. The van der Waals surface area contributed by atoms with Gasteiger partial charge in [0.2, 0.25) is 11.8 Å². The van der Waals surface area contributed by atoms with Crippen LogP contribution in [-0.2, 0) is 14.4 Å². The van der Waals surface area contributed by atoms with E-state index in [1.54, 1.807) is 30.3 Å². The molecule has 102 valence electrons. The smallest absolute Gasteiger partial charge is 0.325 e. The quantitative estimate of drug-likeness (QED) is 0.588. The minimum absolute atomic E-state index is 0.366. The summed E-state index contributed by atoms with van der Waals surface area (Å²) >= 11 is 0. The molecule has 0 fully saturated rings. The normalized spacial score (nSPS) is 12.1. The Bertz CT molecular complexity index is 459. The fourth-order valence-corrected chi connectivity index (χ4v) is 1.78. The van der Waals surface area contributed by atoms with Gasteiger partial charge in [0.15, 0.2) is 0 Å². The third-order valence-corrected chi connectivity index (χ3v) is 2.43. The second-order valence-electron chi connectivity index (χ2n) is 3.99. The van der Waals surface area contributed by atoms with Crippen LogP contribution in [0.3, 0.4) is 0 Å². The Morgan fingerprint density at radius 2 is 1.53 bits per heavy atom. The third kappa shape index (κ3) is 4.40. The van der Waals surface area contributed by atoms with Crippen molar-refractivity contribution >= 4 is 17.8 Å². The molecule has 0 saturated heterocycles. The van der Waals surface area contributed by atoms with Gasteiger partial charge >= 0.3 is 5.97 Å². The van der Waals surface area contributed by atoms with Gasteiger partial charge < -0.3 is 16.6 Å². The summed E-state index contributed by atoms with van der Waals surface area (Å²) in [7, 11) is 0. The Kier molecular flexibility index (Phi) is 5.01. The number of nitrogens with two attached hydrogens (primary N) is 2. The van der Waals surface area contributed by atoms with E-state index < -0.39 is 23.8 Å². The fraction of sp³-hybridized carbons (Fsp3) is 0.250. The van der Waals surface area contributed by atoms with Crippen molar-refractivity contribution in [3.05, 3.63) is 35.9 Å². The van der Waals surface area contributed by atoms with Gasteiger partial charge in [-0.15, -0.1) is 0 Å². The van der Waals surface area contributed by atoms with Gasteiger partial charge in [-0.3, -0.25) is 19.3 Å². The largest absolute Gasteiger partial charge is 0.480 e. The SMILES string of the molecule is NC(=O)CN(CC(N)=O)C(C(=O)O)c1ccccc1. The van der Waals surface area contributed by atoms with Crippen molar-refractivity contribution in [1.82, 2.24) is 4.90 Å². The molecule has 0 heterocycles. The first kappa shape index (κ1) is 14.7. The van der Waals surface area contributed by atoms with Crippen molar-refractivity contribution in [2.45, 2.75) is 6.04 Å². The number of benzene rings is 1. The summed E-state index contributed by atoms with van der Waals surface area (Å²) in [5.41, 5.74) is 10.6. The van der Waals surface area contributed by atoms with Crippen molar-refractivity contribution in [3.63, 3.8) is 0 Å². The molecule has 0 aliphatic carbocycles. The highest BCUT2D eigenvalue weighted by atomic mass is 16.4. The van der Waals surface area contributed by atoms with Gasteiger partial charge in [-0.1, -0.05) is 30.3 Å². The molecule has 1 aromatic rings. The van der Waals surface area contributed by atoms with E-state index in [1.807, 2.05) is 0 Å². The van der Waals surface area contributed by atoms with Crippen LogP contribution in [0.1, 0.15) is 11.6 Å². The maximum Gasteiger partial charge on any atom is 0.325 e. The van der Waals surface area contributed by atoms with E-state index in [1.165, 1.54) is 0 Å². The number of rotatable bonds is 7. The molecule has 0 saturated carbocycles. The summed E-state index contributed by atoms with van der Waals surface area (Å²) in [5, 5.41) is 9.28. The molecule has 7 heteroatoms. The molecule has 0 bridgehead atoms. The van der Waals surface area contributed by atoms with E-state index in [2.05, 4.69) is 0 Å². The van der Waals surface area contributed by atoms with E-state index >= 15 is 0 Å². The molecule has 0 spiro atoms. The van der Waals surface area contributed by atoms with E-state index in [0.29, 0.717) is 5.56 Å². The predicted molar refractivity (Wildman–Crippen MR) is 66.8 cm³/mol. The molecule has 2 amide bonds. The maximum absolute atomic E-state index is 11.4. The fourth-order valence-electron chi connectivity index (χ4n) is 1.78. The zero-order valence-corrected chi connectivity index (χ0v) is 10.2. The Labute approximate surface area is 109 Å². The van der Waals surface area contributed by atoms with Crippen molar-refractivity contribution in [3.8, 4) is 0 Å². The molecule has 7 nitrogen and oxygen atoms in total. The number of hydrogen-bond donors (Lipinski definition) is 3. The first-order chi connectivity index (χ1) is 8.91. The molecule has 5 N–H and O–H groups in total. The number of carboxylic acids is 1. The van der Waals surface area contributed by atoms with E-state index in [9.17, 15) is 19.5 Å². The highest BCUT2D eigenvalue weighted by molar-refractivity contribution is 5.82. The van der Waals surface area contributed by atoms with Gasteiger partial charge in [0.05, 0.1) is 13.1 Å². The predicted octanol–water partition coefficient (Wildman–Crippen LogP) is -0.915. The maximum atomic E-state index is 11.4. The number of primary amides is 2. The molecular formula is C12H15N3O4. The molecule has 1 aromatic carbocycles. The molecule has 1 atom stereocenters. The second-order valence-corrected chi connectivity index (χ2v) is 3.99. The minimum Gasteiger partial charge on any atom is -0.480 e. The number of hydrogen-bond acceptors (Lipinski definition) is 4. The molecule has 1 rings (SSSR count). The summed E-state index contributed by atoms with van der Waals surface area (Å²) in [6.07, 6.45) is 0. The Morgan fingerprint density at radius 1 is 1.05 bits per heavy atom. The highest BCUT2D eigenvalue weighted by Crippen LogP contribution is 2.20. The second kappa shape index (κ2) is 6.50. The Hall–Kier alpha value is -2.41. The van der Waals surface area contributed by atoms with Crippen LogP contribution in [0, 0.1) is 0 Å². The average Bonchev–Trinajstić information content (AvgIpc) is 2.28. The van der Waals surface area contributed by atoms with Crippen LogP contribution in [0.4, 0.5) is 0 Å². The first-order valence-electron chi connectivity index (χ1n) is 5.50. The number of nitrogens with zero attached hydrogens (tertiary/aromatic N) is 1. The summed E-state index contributed by atoms with van der Waals surface area (Å²) in [6.45, 7) is -0.733. The highest BCUT2D eigenvalue weighted by Gasteiger charge is 2.29. The molecular weight excluding hydrogens is 250 g/mol. The van der Waals surface area contributed by atoms with Gasteiger partial charge in [0.1, 0.15) is 6.04 Å². The van der Waals surface area contributed by atoms with Gasteiger partial charge in [0.25, 0.3) is 0 Å². The zero-order chi connectivity index (χ0) is 14.4. The van der Waals surface area contributed by atoms with Crippen LogP contribution in [0.2, 0.25) is 0 Å². The molecule has 19 heavy (non-hydrogen) atoms. The zero-order valence-electron chi connectivity index (χ0n) is 10.2. The average molecular weight is 265 g/mol. The van der Waals surface area contributed by atoms with Gasteiger partial charge in [-0.2, -0.15) is 0 Å². The lowest BCUT2D eigenvalue weighted by Gasteiger charge is -2.26. The third-order valence-electron chi connectivity index (χ3n) is 2.43. The number of carbonyl (C=O) groups excluding carboxylic acids is 2. The van der Waals surface area contributed by atoms with Crippen LogP contribution in [0.25, 0.3) is 0 Å². The van der Waals surface area contributed by atoms with Gasteiger partial charge in [-0.25, -0.2) is 0 Å². The van der Waals surface area contributed by atoms with Crippen molar-refractivity contribution in [1.29, 1.82) is 0 Å². The van der Waals surface area contributed by atoms with Crippen LogP contribution in [0.5, 0.6) is 0 Å².